The molecule has 0 fully saturated rings. The maximum Gasteiger partial charge on any atom is 0.224 e. The molecule has 0 aromatic carbocycles. The summed E-state index contributed by atoms with van der Waals surface area (Å²) in [5.74, 6) is 0.365. The largest absolute Gasteiger partial charge is 0.349 e. The molecule has 0 saturated heterocycles. The molecule has 0 saturated carbocycles. The molecule has 2 unspecified atom stereocenters. The Morgan fingerprint density at radius 2 is 2.43 bits per heavy atom. The molecule has 0 radical (unpaired) electrons. The molecule has 0 aliphatic rings. The van der Waals surface area contributed by atoms with Crippen molar-refractivity contribution >= 4 is 5.91 Å². The van der Waals surface area contributed by atoms with Crippen LogP contribution in [-0.4, -0.2) is 27.1 Å². The zero-order valence-electron chi connectivity index (χ0n) is 8.32. The van der Waals surface area contributed by atoms with Gasteiger partial charge >= 0.3 is 0 Å². The molecule has 0 aliphatic carbocycles. The summed E-state index contributed by atoms with van der Waals surface area (Å²) >= 11 is 0. The van der Waals surface area contributed by atoms with Gasteiger partial charge in [-0.15, -0.1) is 0 Å². The molecule has 6 nitrogen and oxygen atoms in total. The summed E-state index contributed by atoms with van der Waals surface area (Å²) in [5.41, 5.74) is 5.59. The molecule has 1 heterocycles. The molecule has 1 rings (SSSR count). The summed E-state index contributed by atoms with van der Waals surface area (Å²) in [7, 11) is 0. The van der Waals surface area contributed by atoms with Crippen LogP contribution in [0.4, 0.5) is 0 Å². The zero-order chi connectivity index (χ0) is 10.6. The maximum absolute atomic E-state index is 11.4. The van der Waals surface area contributed by atoms with Gasteiger partial charge in [-0.2, -0.15) is 5.10 Å². The first kappa shape index (κ1) is 10.6. The van der Waals surface area contributed by atoms with Gasteiger partial charge in [0.15, 0.2) is 0 Å². The first-order valence-corrected chi connectivity index (χ1v) is 4.48. The molecular weight excluding hydrogens is 182 g/mol. The van der Waals surface area contributed by atoms with Gasteiger partial charge in [0.05, 0.1) is 6.54 Å². The summed E-state index contributed by atoms with van der Waals surface area (Å²) in [6, 6.07) is -0.148. The minimum Gasteiger partial charge on any atom is -0.349 e. The third-order valence-electron chi connectivity index (χ3n) is 2.10. The number of amides is 1. The molecular formula is C8H15N5O. The lowest BCUT2D eigenvalue weighted by Gasteiger charge is -2.14. The van der Waals surface area contributed by atoms with Crippen LogP contribution in [0.2, 0.25) is 0 Å². The number of rotatable bonds is 4. The van der Waals surface area contributed by atoms with Crippen molar-refractivity contribution in [2.45, 2.75) is 26.4 Å². The second kappa shape index (κ2) is 4.71. The van der Waals surface area contributed by atoms with E-state index in [1.165, 1.54) is 6.33 Å². The molecule has 1 aromatic heterocycles. The lowest BCUT2D eigenvalue weighted by atomic mass is 10.0. The predicted octanol–water partition coefficient (Wildman–Crippen LogP) is -0.596. The van der Waals surface area contributed by atoms with Crippen LogP contribution in [0.15, 0.2) is 6.33 Å². The molecule has 78 valence electrons. The molecule has 2 atom stereocenters. The van der Waals surface area contributed by atoms with Crippen molar-refractivity contribution < 1.29 is 4.79 Å². The number of H-pyrrole nitrogens is 1. The number of carbonyl (C=O) groups is 1. The Morgan fingerprint density at radius 1 is 1.71 bits per heavy atom. The van der Waals surface area contributed by atoms with Gasteiger partial charge in [0.2, 0.25) is 5.91 Å². The van der Waals surface area contributed by atoms with Gasteiger partial charge in [0.25, 0.3) is 0 Å². The van der Waals surface area contributed by atoms with Crippen LogP contribution in [0.1, 0.15) is 19.7 Å². The van der Waals surface area contributed by atoms with Crippen molar-refractivity contribution in [2.75, 3.05) is 0 Å². The number of carbonyl (C=O) groups excluding carboxylic acids is 1. The molecule has 0 spiro atoms. The van der Waals surface area contributed by atoms with Gasteiger partial charge in [0.1, 0.15) is 12.2 Å². The standard InChI is InChI=1S/C8H15N5O/c1-5(6(2)9)8(14)10-3-7-11-4-12-13-7/h4-6H,3,9H2,1-2H3,(H,10,14)(H,11,12,13). The van der Waals surface area contributed by atoms with Gasteiger partial charge in [-0.05, 0) is 6.92 Å². The fourth-order valence-corrected chi connectivity index (χ4v) is 0.887. The number of nitrogens with two attached hydrogens (primary N) is 1. The molecule has 14 heavy (non-hydrogen) atoms. The van der Waals surface area contributed by atoms with E-state index >= 15 is 0 Å². The van der Waals surface area contributed by atoms with E-state index < -0.39 is 0 Å². The summed E-state index contributed by atoms with van der Waals surface area (Å²) < 4.78 is 0. The van der Waals surface area contributed by atoms with E-state index in [4.69, 9.17) is 5.73 Å². The third kappa shape index (κ3) is 2.81. The SMILES string of the molecule is CC(N)C(C)C(=O)NCc1ncn[nH]1. The average Bonchev–Trinajstić information content (AvgIpc) is 2.65. The summed E-state index contributed by atoms with van der Waals surface area (Å²) in [6.45, 7) is 3.95. The number of nitrogens with zero attached hydrogens (tertiary/aromatic N) is 2. The van der Waals surface area contributed by atoms with Crippen molar-refractivity contribution in [2.24, 2.45) is 11.7 Å². The summed E-state index contributed by atoms with van der Waals surface area (Å²) in [6.07, 6.45) is 1.40. The normalized spacial score (nSPS) is 14.8. The van der Waals surface area contributed by atoms with E-state index in [1.807, 2.05) is 0 Å². The highest BCUT2D eigenvalue weighted by Gasteiger charge is 2.16. The second-order valence-electron chi connectivity index (χ2n) is 3.30. The summed E-state index contributed by atoms with van der Waals surface area (Å²) in [5, 5.41) is 9.04. The van der Waals surface area contributed by atoms with Gasteiger partial charge in [-0.1, -0.05) is 6.92 Å². The maximum atomic E-state index is 11.4. The van der Waals surface area contributed by atoms with E-state index in [0.29, 0.717) is 12.4 Å². The van der Waals surface area contributed by atoms with Crippen molar-refractivity contribution in [3.63, 3.8) is 0 Å². The van der Waals surface area contributed by atoms with E-state index in [1.54, 1.807) is 13.8 Å². The van der Waals surface area contributed by atoms with Gasteiger partial charge < -0.3 is 11.1 Å². The first-order chi connectivity index (χ1) is 6.61. The number of aromatic nitrogens is 3. The van der Waals surface area contributed by atoms with Crippen LogP contribution >= 0.6 is 0 Å². The molecule has 6 heteroatoms. The van der Waals surface area contributed by atoms with Crippen LogP contribution in [-0.2, 0) is 11.3 Å². The number of hydrogen-bond donors (Lipinski definition) is 3. The highest BCUT2D eigenvalue weighted by molar-refractivity contribution is 5.78. The van der Waals surface area contributed by atoms with Crippen LogP contribution in [0.3, 0.4) is 0 Å². The third-order valence-corrected chi connectivity index (χ3v) is 2.10. The van der Waals surface area contributed by atoms with Crippen LogP contribution < -0.4 is 11.1 Å². The van der Waals surface area contributed by atoms with E-state index in [0.717, 1.165) is 0 Å². The highest BCUT2D eigenvalue weighted by Crippen LogP contribution is 1.99. The quantitative estimate of drug-likeness (QED) is 0.600. The van der Waals surface area contributed by atoms with Crippen LogP contribution in [0.25, 0.3) is 0 Å². The van der Waals surface area contributed by atoms with Crippen molar-refractivity contribution in [1.82, 2.24) is 20.5 Å². The zero-order valence-corrected chi connectivity index (χ0v) is 8.32. The fraction of sp³-hybridized carbons (Fsp3) is 0.625. The number of nitrogens with one attached hydrogen (secondary N) is 2. The Balaban J connectivity index is 2.35. The van der Waals surface area contributed by atoms with Crippen molar-refractivity contribution in [3.05, 3.63) is 12.2 Å². The molecule has 1 aromatic rings. The Bertz CT molecular complexity index is 282. The topological polar surface area (TPSA) is 96.7 Å². The second-order valence-corrected chi connectivity index (χ2v) is 3.30. The van der Waals surface area contributed by atoms with Gasteiger partial charge in [0, 0.05) is 12.0 Å². The Hall–Kier alpha value is -1.43. The molecule has 0 bridgehead atoms. The van der Waals surface area contributed by atoms with E-state index in [2.05, 4.69) is 20.5 Å². The van der Waals surface area contributed by atoms with Gasteiger partial charge in [-0.25, -0.2) is 4.98 Å². The Morgan fingerprint density at radius 3 is 2.93 bits per heavy atom. The summed E-state index contributed by atoms with van der Waals surface area (Å²) in [4.78, 5) is 15.3. The fourth-order valence-electron chi connectivity index (χ4n) is 0.887. The predicted molar refractivity (Wildman–Crippen MR) is 51.0 cm³/mol. The average molecular weight is 197 g/mol. The molecule has 1 amide bonds. The van der Waals surface area contributed by atoms with E-state index in [9.17, 15) is 4.79 Å². The monoisotopic (exact) mass is 197 g/mol. The van der Waals surface area contributed by atoms with Crippen LogP contribution in [0.5, 0.6) is 0 Å². The highest BCUT2D eigenvalue weighted by atomic mass is 16.1. The van der Waals surface area contributed by atoms with E-state index in [-0.39, 0.29) is 17.9 Å². The van der Waals surface area contributed by atoms with Gasteiger partial charge in [-0.3, -0.25) is 9.89 Å². The lowest BCUT2D eigenvalue weighted by Crippen LogP contribution is -2.38. The van der Waals surface area contributed by atoms with Crippen LogP contribution in [0, 0.1) is 5.92 Å². The number of hydrogen-bond acceptors (Lipinski definition) is 4. The minimum atomic E-state index is -0.196. The first-order valence-electron chi connectivity index (χ1n) is 4.48. The Labute approximate surface area is 82.3 Å². The smallest absolute Gasteiger partial charge is 0.224 e. The van der Waals surface area contributed by atoms with Crippen molar-refractivity contribution in [3.8, 4) is 0 Å². The number of aromatic amines is 1. The minimum absolute atomic E-state index is 0.0728. The lowest BCUT2D eigenvalue weighted by molar-refractivity contribution is -0.125. The molecule has 0 aliphatic heterocycles. The van der Waals surface area contributed by atoms with Crippen molar-refractivity contribution in [1.29, 1.82) is 0 Å². The Kier molecular flexibility index (Phi) is 3.58. The molecule has 4 N–H and O–H groups in total.